The Labute approximate surface area is 193 Å². The molecule has 0 aliphatic rings. The monoisotopic (exact) mass is 527 g/mol. The van der Waals surface area contributed by atoms with Crippen LogP contribution in [0.5, 0.6) is 0 Å². The van der Waals surface area contributed by atoms with Crippen molar-refractivity contribution in [2.45, 2.75) is 42.9 Å². The largest absolute Gasteiger partial charge is 0.481 e. The summed E-state index contributed by atoms with van der Waals surface area (Å²) in [4.78, 5) is 76.5. The van der Waals surface area contributed by atoms with Gasteiger partial charge in [-0.3, -0.25) is 18.7 Å². The number of aliphatic hydroxyl groups is 1. The molecule has 0 aliphatic carbocycles. The van der Waals surface area contributed by atoms with Gasteiger partial charge in [0.1, 0.15) is 6.04 Å². The normalized spacial score (nSPS) is 14.2. The van der Waals surface area contributed by atoms with E-state index in [1.165, 1.54) is 0 Å². The van der Waals surface area contributed by atoms with Crippen molar-refractivity contribution in [1.82, 2.24) is 10.8 Å². The van der Waals surface area contributed by atoms with Crippen LogP contribution >= 0.6 is 15.2 Å². The van der Waals surface area contributed by atoms with Crippen molar-refractivity contribution < 1.29 is 58.1 Å². The van der Waals surface area contributed by atoms with Crippen molar-refractivity contribution in [2.75, 3.05) is 6.54 Å². The second-order valence-corrected chi connectivity index (χ2v) is 11.2. The van der Waals surface area contributed by atoms with Gasteiger partial charge in [-0.15, -0.1) is 0 Å². The molecule has 0 saturated carbocycles. The third-order valence-electron chi connectivity index (χ3n) is 4.56. The standard InChI is InChI=1S/C17H27N3O12P2/c18-12(6-7-14(21)22)15(23)20-13(10-11-4-2-1-3-5-11)16(24)32-19-9-8-17(25,33(26,27)28)34(29,30)31/h1-5,12-13,19,25H,6-10,18H2,(H,20,23)(H,21,22)(H2,26,27,28)(H2,29,30,31)/t12-,13?/m0/s1. The Morgan fingerprint density at radius 1 is 1.06 bits per heavy atom. The third kappa shape index (κ3) is 8.87. The quantitative estimate of drug-likeness (QED) is 0.0745. The van der Waals surface area contributed by atoms with Crippen LogP contribution in [0.1, 0.15) is 24.8 Å². The maximum atomic E-state index is 12.5. The third-order valence-corrected chi connectivity index (χ3v) is 8.43. The van der Waals surface area contributed by atoms with E-state index < -0.39 is 63.2 Å². The Bertz CT molecular complexity index is 926. The Balaban J connectivity index is 2.83. The first-order valence-electron chi connectivity index (χ1n) is 9.67. The number of rotatable bonds is 14. The number of nitrogens with two attached hydrogens (primary N) is 1. The van der Waals surface area contributed by atoms with Crippen molar-refractivity contribution in [3.05, 3.63) is 35.9 Å². The molecule has 1 unspecified atom stereocenters. The summed E-state index contributed by atoms with van der Waals surface area (Å²) in [5.74, 6) is -3.10. The summed E-state index contributed by atoms with van der Waals surface area (Å²) < 4.78 is 22.7. The van der Waals surface area contributed by atoms with Crippen LogP contribution in [-0.2, 0) is 34.8 Å². The Hall–Kier alpha value is -2.19. The molecule has 0 saturated heterocycles. The van der Waals surface area contributed by atoms with E-state index in [-0.39, 0.29) is 19.3 Å². The molecule has 0 fully saturated rings. The lowest BCUT2D eigenvalue weighted by Crippen LogP contribution is -2.50. The van der Waals surface area contributed by atoms with Crippen LogP contribution in [0.2, 0.25) is 0 Å². The molecule has 0 heterocycles. The lowest BCUT2D eigenvalue weighted by Gasteiger charge is -2.29. The molecule has 192 valence electrons. The molecule has 17 heteroatoms. The molecule has 1 amide bonds. The molecular weight excluding hydrogens is 500 g/mol. The van der Waals surface area contributed by atoms with Gasteiger partial charge >= 0.3 is 27.1 Å². The number of hydrogen-bond donors (Lipinski definition) is 9. The van der Waals surface area contributed by atoms with Crippen LogP contribution in [0, 0.1) is 0 Å². The van der Waals surface area contributed by atoms with Crippen molar-refractivity contribution in [1.29, 1.82) is 0 Å². The predicted molar refractivity (Wildman–Crippen MR) is 115 cm³/mol. The number of hydrogen-bond acceptors (Lipinski definition) is 9. The molecule has 2 atom stereocenters. The van der Waals surface area contributed by atoms with Gasteiger partial charge in [-0.05, 0) is 12.0 Å². The summed E-state index contributed by atoms with van der Waals surface area (Å²) in [6, 6.07) is 5.76. The minimum atomic E-state index is -5.68. The second-order valence-electron chi connectivity index (χ2n) is 7.22. The van der Waals surface area contributed by atoms with Crippen LogP contribution in [-0.4, -0.2) is 71.3 Å². The highest BCUT2D eigenvalue weighted by Gasteiger charge is 2.58. The van der Waals surface area contributed by atoms with Gasteiger partial charge in [0.2, 0.25) is 5.91 Å². The first-order valence-corrected chi connectivity index (χ1v) is 12.9. The van der Waals surface area contributed by atoms with Crippen molar-refractivity contribution in [2.24, 2.45) is 5.73 Å². The number of carboxylic acid groups (broad SMARTS) is 1. The first kappa shape index (κ1) is 29.8. The van der Waals surface area contributed by atoms with Gasteiger partial charge in [-0.1, -0.05) is 30.3 Å². The average molecular weight is 527 g/mol. The molecular formula is C17H27N3O12P2. The number of carbonyl (C=O) groups excluding carboxylic acids is 2. The molecule has 10 N–H and O–H groups in total. The van der Waals surface area contributed by atoms with Gasteiger partial charge in [0, 0.05) is 25.8 Å². The smallest absolute Gasteiger partial charge is 0.369 e. The van der Waals surface area contributed by atoms with Crippen molar-refractivity contribution >= 4 is 33.0 Å². The zero-order valence-corrected chi connectivity index (χ0v) is 19.5. The lowest BCUT2D eigenvalue weighted by molar-refractivity contribution is -0.155. The molecule has 1 rings (SSSR count). The molecule has 1 aromatic carbocycles. The maximum Gasteiger partial charge on any atom is 0.369 e. The fourth-order valence-electron chi connectivity index (χ4n) is 2.60. The summed E-state index contributed by atoms with van der Waals surface area (Å²) in [5, 5.41) is 17.1. The number of amides is 1. The number of benzene rings is 1. The van der Waals surface area contributed by atoms with Crippen molar-refractivity contribution in [3.63, 3.8) is 0 Å². The van der Waals surface area contributed by atoms with Crippen LogP contribution in [0.3, 0.4) is 0 Å². The summed E-state index contributed by atoms with van der Waals surface area (Å²) in [7, 11) is -11.4. The summed E-state index contributed by atoms with van der Waals surface area (Å²) in [5.41, 5.74) is 8.18. The van der Waals surface area contributed by atoms with Gasteiger partial charge in [-0.2, -0.15) is 5.48 Å². The fraction of sp³-hybridized carbons (Fsp3) is 0.471. The summed E-state index contributed by atoms with van der Waals surface area (Å²) >= 11 is 0. The SMILES string of the molecule is N[C@@H](CCC(=O)O)C(=O)NC(Cc1ccccc1)C(=O)ONCCC(O)(P(=O)(O)O)P(=O)(O)O. The number of carboxylic acids is 1. The predicted octanol–water partition coefficient (Wildman–Crippen LogP) is -1.65. The van der Waals surface area contributed by atoms with Gasteiger partial charge in [0.15, 0.2) is 0 Å². The zero-order chi connectivity index (χ0) is 26.2. The number of carbonyl (C=O) groups is 3. The molecule has 0 aliphatic heterocycles. The number of nitrogens with one attached hydrogen (secondary N) is 2. The Morgan fingerprint density at radius 2 is 1.62 bits per heavy atom. The second kappa shape index (κ2) is 12.5. The van der Waals surface area contributed by atoms with E-state index in [0.29, 0.717) is 5.56 Å². The van der Waals surface area contributed by atoms with E-state index in [0.717, 1.165) is 0 Å². The Morgan fingerprint density at radius 3 is 2.12 bits per heavy atom. The minimum absolute atomic E-state index is 0.0757. The van der Waals surface area contributed by atoms with E-state index in [2.05, 4.69) is 5.32 Å². The summed E-state index contributed by atoms with van der Waals surface area (Å²) in [6.45, 7) is -0.775. The molecule has 0 radical (unpaired) electrons. The molecule has 1 aromatic rings. The van der Waals surface area contributed by atoms with Gasteiger partial charge in [0.25, 0.3) is 5.08 Å². The van der Waals surface area contributed by atoms with Crippen LogP contribution in [0.25, 0.3) is 0 Å². The van der Waals surface area contributed by atoms with E-state index in [4.69, 9.17) is 35.3 Å². The topological polar surface area (TPSA) is 266 Å². The minimum Gasteiger partial charge on any atom is -0.481 e. The van der Waals surface area contributed by atoms with Gasteiger partial charge in [-0.25, -0.2) is 4.79 Å². The van der Waals surface area contributed by atoms with Crippen LogP contribution in [0.4, 0.5) is 0 Å². The van der Waals surface area contributed by atoms with Crippen molar-refractivity contribution in [3.8, 4) is 0 Å². The highest BCUT2D eigenvalue weighted by Crippen LogP contribution is 2.68. The van der Waals surface area contributed by atoms with E-state index >= 15 is 0 Å². The van der Waals surface area contributed by atoms with E-state index in [1.807, 2.05) is 5.48 Å². The highest BCUT2D eigenvalue weighted by atomic mass is 31.2. The average Bonchev–Trinajstić information content (AvgIpc) is 2.73. The van der Waals surface area contributed by atoms with Gasteiger partial charge < -0.3 is 45.7 Å². The Kier molecular flexibility index (Phi) is 11.0. The molecule has 0 bridgehead atoms. The van der Waals surface area contributed by atoms with E-state index in [1.54, 1.807) is 30.3 Å². The maximum absolute atomic E-state index is 12.5. The zero-order valence-electron chi connectivity index (χ0n) is 17.7. The van der Waals surface area contributed by atoms with E-state index in [9.17, 15) is 28.6 Å². The molecule has 15 nitrogen and oxygen atoms in total. The number of aliphatic carboxylic acids is 1. The molecule has 34 heavy (non-hydrogen) atoms. The fourth-order valence-corrected chi connectivity index (χ4v) is 4.77. The lowest BCUT2D eigenvalue weighted by atomic mass is 10.0. The van der Waals surface area contributed by atoms with Gasteiger partial charge in [0.05, 0.1) is 6.04 Å². The number of hydroxylamine groups is 1. The highest BCUT2D eigenvalue weighted by molar-refractivity contribution is 7.72. The molecule has 0 aromatic heterocycles. The van der Waals surface area contributed by atoms with Crippen LogP contribution < -0.4 is 16.5 Å². The van der Waals surface area contributed by atoms with Crippen LogP contribution in [0.15, 0.2) is 30.3 Å². The molecule has 0 spiro atoms. The first-order chi connectivity index (χ1) is 15.6. The summed E-state index contributed by atoms with van der Waals surface area (Å²) in [6.07, 6.45) is -1.85.